The van der Waals surface area contributed by atoms with E-state index in [2.05, 4.69) is 16.9 Å². The molecular weight excluding hydrogens is 317 g/mol. The van der Waals surface area contributed by atoms with E-state index in [1.807, 2.05) is 0 Å². The highest BCUT2D eigenvalue weighted by atomic mass is 32.2. The van der Waals surface area contributed by atoms with E-state index in [1.54, 1.807) is 0 Å². The van der Waals surface area contributed by atoms with E-state index in [-0.39, 0.29) is 11.3 Å². The molecule has 1 aromatic rings. The van der Waals surface area contributed by atoms with Gasteiger partial charge in [-0.3, -0.25) is 4.21 Å². The molecular formula is C14H17F3N2O2S. The Labute approximate surface area is 128 Å². The van der Waals surface area contributed by atoms with Crippen LogP contribution in [0.5, 0.6) is 5.88 Å². The Morgan fingerprint density at radius 3 is 2.45 bits per heavy atom. The maximum Gasteiger partial charge on any atom is 0.423 e. The number of nitrogens with zero attached hydrogens (tertiary/aromatic N) is 2. The predicted molar refractivity (Wildman–Crippen MR) is 73.8 cm³/mol. The van der Waals surface area contributed by atoms with Crippen molar-refractivity contribution < 1.29 is 22.1 Å². The van der Waals surface area contributed by atoms with Crippen molar-refractivity contribution >= 4 is 10.8 Å². The van der Waals surface area contributed by atoms with E-state index in [1.165, 1.54) is 12.7 Å². The third kappa shape index (κ3) is 3.11. The minimum atomic E-state index is -4.59. The van der Waals surface area contributed by atoms with E-state index in [0.717, 1.165) is 18.8 Å². The van der Waals surface area contributed by atoms with E-state index >= 15 is 0 Å². The van der Waals surface area contributed by atoms with Crippen molar-refractivity contribution in [2.45, 2.75) is 43.6 Å². The van der Waals surface area contributed by atoms with Crippen molar-refractivity contribution in [1.29, 1.82) is 0 Å². The first-order chi connectivity index (χ1) is 10.3. The topological polar surface area (TPSA) is 52.1 Å². The molecule has 3 unspecified atom stereocenters. The molecule has 0 amide bonds. The largest absolute Gasteiger partial charge is 0.474 e. The van der Waals surface area contributed by atoms with Crippen molar-refractivity contribution in [3.05, 3.63) is 11.8 Å². The van der Waals surface area contributed by atoms with Gasteiger partial charge in [-0.1, -0.05) is 6.92 Å². The minimum absolute atomic E-state index is 0.144. The Balaban J connectivity index is 1.73. The summed E-state index contributed by atoms with van der Waals surface area (Å²) in [5.41, 5.74) is -1.01. The third-order valence-electron chi connectivity index (χ3n) is 4.48. The number of ether oxygens (including phenoxy) is 1. The van der Waals surface area contributed by atoms with Gasteiger partial charge in [-0.15, -0.1) is 0 Å². The number of hydrogen-bond donors (Lipinski definition) is 0. The molecule has 3 rings (SSSR count). The molecule has 122 valence electrons. The Kier molecular flexibility index (Phi) is 3.91. The van der Waals surface area contributed by atoms with Crippen LogP contribution < -0.4 is 4.74 Å². The van der Waals surface area contributed by atoms with E-state index in [9.17, 15) is 17.4 Å². The highest BCUT2D eigenvalue weighted by Gasteiger charge is 2.47. The molecule has 0 radical (unpaired) electrons. The summed E-state index contributed by atoms with van der Waals surface area (Å²) in [5, 5.41) is -0.144. The van der Waals surface area contributed by atoms with E-state index in [4.69, 9.17) is 4.74 Å². The van der Waals surface area contributed by atoms with Crippen molar-refractivity contribution in [2.24, 2.45) is 17.8 Å². The van der Waals surface area contributed by atoms with Gasteiger partial charge in [0.05, 0.1) is 10.8 Å². The lowest BCUT2D eigenvalue weighted by atomic mass is 9.78. The quantitative estimate of drug-likeness (QED) is 0.794. The first kappa shape index (κ1) is 15.7. The average molecular weight is 334 g/mol. The molecule has 1 heterocycles. The predicted octanol–water partition coefficient (Wildman–Crippen LogP) is 3.05. The average Bonchev–Trinajstić information content (AvgIpc) is 3.08. The summed E-state index contributed by atoms with van der Waals surface area (Å²) in [7, 11) is -1.55. The summed E-state index contributed by atoms with van der Waals surface area (Å²) < 4.78 is 55.8. The van der Waals surface area contributed by atoms with Crippen LogP contribution in [0.25, 0.3) is 0 Å². The second-order valence-corrected chi connectivity index (χ2v) is 7.44. The zero-order valence-electron chi connectivity index (χ0n) is 12.3. The summed E-state index contributed by atoms with van der Waals surface area (Å²) in [6.45, 7) is 2.19. The third-order valence-corrected chi connectivity index (χ3v) is 5.19. The molecule has 8 heteroatoms. The summed E-state index contributed by atoms with van der Waals surface area (Å²) in [4.78, 5) is 7.22. The molecule has 22 heavy (non-hydrogen) atoms. The molecule has 1 aromatic heterocycles. The molecule has 0 bridgehead atoms. The van der Waals surface area contributed by atoms with Gasteiger partial charge in [-0.25, -0.2) is 4.98 Å². The molecule has 0 N–H and O–H groups in total. The number of hydrogen-bond acceptors (Lipinski definition) is 4. The molecule has 2 aliphatic carbocycles. The lowest BCUT2D eigenvalue weighted by Crippen LogP contribution is -2.36. The standard InChI is InChI=1S/C14H17F3N2O2S/c1-7-3-10(7)8-4-9(5-8)21-12-11(14(15,16)17)6-18-13(19-12)22(2)20/h6-10H,3-5H2,1-2H3. The fourth-order valence-corrected chi connectivity index (χ4v) is 3.40. The second-order valence-electron chi connectivity index (χ2n) is 6.17. The smallest absolute Gasteiger partial charge is 0.423 e. The van der Waals surface area contributed by atoms with Crippen LogP contribution in [0.4, 0.5) is 13.2 Å². The van der Waals surface area contributed by atoms with Gasteiger partial charge in [0.25, 0.3) is 0 Å². The van der Waals surface area contributed by atoms with Gasteiger partial charge < -0.3 is 4.74 Å². The summed E-state index contributed by atoms with van der Waals surface area (Å²) >= 11 is 0. The number of aromatic nitrogens is 2. The lowest BCUT2D eigenvalue weighted by Gasteiger charge is -2.35. The van der Waals surface area contributed by atoms with Gasteiger partial charge in [-0.05, 0) is 37.0 Å². The van der Waals surface area contributed by atoms with Crippen LogP contribution in [0.2, 0.25) is 0 Å². The molecule has 3 atom stereocenters. The van der Waals surface area contributed by atoms with Crippen molar-refractivity contribution in [1.82, 2.24) is 9.97 Å². The molecule has 2 fully saturated rings. The van der Waals surface area contributed by atoms with Gasteiger partial charge in [0.15, 0.2) is 0 Å². The van der Waals surface area contributed by atoms with Gasteiger partial charge >= 0.3 is 6.18 Å². The van der Waals surface area contributed by atoms with E-state index < -0.39 is 28.4 Å². The van der Waals surface area contributed by atoms with Crippen LogP contribution in [0.1, 0.15) is 31.7 Å². The monoisotopic (exact) mass is 334 g/mol. The van der Waals surface area contributed by atoms with Crippen molar-refractivity contribution in [2.75, 3.05) is 6.26 Å². The molecule has 2 saturated carbocycles. The van der Waals surface area contributed by atoms with Crippen LogP contribution in [0.15, 0.2) is 11.4 Å². The first-order valence-corrected chi connectivity index (χ1v) is 8.76. The van der Waals surface area contributed by atoms with Crippen LogP contribution >= 0.6 is 0 Å². The normalized spacial score (nSPS) is 32.2. The maximum atomic E-state index is 13.0. The fraction of sp³-hybridized carbons (Fsp3) is 0.714. The molecule has 0 aliphatic heterocycles. The van der Waals surface area contributed by atoms with Crippen LogP contribution in [0.3, 0.4) is 0 Å². The SMILES string of the molecule is CC1CC1C1CC(Oc2nc(S(C)=O)ncc2C(F)(F)F)C1. The molecule has 0 saturated heterocycles. The van der Waals surface area contributed by atoms with Gasteiger partial charge in [0.2, 0.25) is 11.0 Å². The lowest BCUT2D eigenvalue weighted by molar-refractivity contribution is -0.140. The molecule has 4 nitrogen and oxygen atoms in total. The zero-order valence-corrected chi connectivity index (χ0v) is 13.1. The summed E-state index contributed by atoms with van der Waals surface area (Å²) in [6, 6.07) is 0. The van der Waals surface area contributed by atoms with Gasteiger partial charge in [0.1, 0.15) is 11.7 Å². The minimum Gasteiger partial charge on any atom is -0.474 e. The Morgan fingerprint density at radius 2 is 1.95 bits per heavy atom. The van der Waals surface area contributed by atoms with Gasteiger partial charge in [0, 0.05) is 12.5 Å². The number of halogens is 3. The Hall–Kier alpha value is -1.18. The van der Waals surface area contributed by atoms with Crippen LogP contribution in [-0.4, -0.2) is 26.5 Å². The van der Waals surface area contributed by atoms with Crippen molar-refractivity contribution in [3.63, 3.8) is 0 Å². The van der Waals surface area contributed by atoms with Crippen LogP contribution in [0, 0.1) is 17.8 Å². The molecule has 2 aliphatic rings. The Morgan fingerprint density at radius 1 is 1.32 bits per heavy atom. The maximum absolute atomic E-state index is 13.0. The molecule has 0 aromatic carbocycles. The van der Waals surface area contributed by atoms with Gasteiger partial charge in [-0.2, -0.15) is 18.2 Å². The highest BCUT2D eigenvalue weighted by Crippen LogP contribution is 2.52. The first-order valence-electron chi connectivity index (χ1n) is 7.20. The number of alkyl halides is 3. The highest BCUT2D eigenvalue weighted by molar-refractivity contribution is 7.84. The Bertz CT molecular complexity index is 602. The second kappa shape index (κ2) is 5.47. The summed E-state index contributed by atoms with van der Waals surface area (Å²) in [5.74, 6) is 1.48. The summed E-state index contributed by atoms with van der Waals surface area (Å²) in [6.07, 6.45) is -0.123. The zero-order chi connectivity index (χ0) is 16.1. The fourth-order valence-electron chi connectivity index (χ4n) is 2.99. The van der Waals surface area contributed by atoms with Crippen LogP contribution in [-0.2, 0) is 17.0 Å². The van der Waals surface area contributed by atoms with Crippen molar-refractivity contribution in [3.8, 4) is 5.88 Å². The molecule has 0 spiro atoms. The number of rotatable bonds is 4. The van der Waals surface area contributed by atoms with E-state index in [0.29, 0.717) is 18.0 Å².